The minimum absolute atomic E-state index is 0.325. The molecule has 0 radical (unpaired) electrons. The van der Waals surface area contributed by atoms with Crippen molar-refractivity contribution < 1.29 is 14.3 Å². The third-order valence-corrected chi connectivity index (χ3v) is 3.50. The van der Waals surface area contributed by atoms with Crippen LogP contribution >= 0.6 is 0 Å². The molecule has 22 heavy (non-hydrogen) atoms. The molecule has 1 heterocycles. The normalized spacial score (nSPS) is 14.5. The number of anilines is 1. The zero-order chi connectivity index (χ0) is 15.8. The molecule has 0 atom stereocenters. The van der Waals surface area contributed by atoms with Gasteiger partial charge in [-0.15, -0.1) is 0 Å². The molecule has 1 aromatic rings. The molecule has 2 rings (SSSR count). The number of nitrogens with one attached hydrogen (secondary N) is 1. The van der Waals surface area contributed by atoms with Crippen molar-refractivity contribution in [1.29, 1.82) is 0 Å². The van der Waals surface area contributed by atoms with Gasteiger partial charge in [0.25, 0.3) is 0 Å². The average molecular weight is 305 g/mol. The van der Waals surface area contributed by atoms with Crippen molar-refractivity contribution in [2.45, 2.75) is 19.8 Å². The van der Waals surface area contributed by atoms with E-state index >= 15 is 0 Å². The summed E-state index contributed by atoms with van der Waals surface area (Å²) in [5.74, 6) is 0. The lowest BCUT2D eigenvalue weighted by atomic mass is 10.3. The van der Waals surface area contributed by atoms with E-state index in [0.29, 0.717) is 25.4 Å². The van der Waals surface area contributed by atoms with E-state index < -0.39 is 6.09 Å². The van der Waals surface area contributed by atoms with Crippen LogP contribution in [0.5, 0.6) is 0 Å². The summed E-state index contributed by atoms with van der Waals surface area (Å²) in [6, 6.07) is 8.59. The number of hydrogen-bond acceptors (Lipinski definition) is 4. The lowest BCUT2D eigenvalue weighted by Gasteiger charge is -2.31. The molecule has 1 aromatic carbocycles. The van der Waals surface area contributed by atoms with Crippen molar-refractivity contribution in [1.82, 2.24) is 10.2 Å². The van der Waals surface area contributed by atoms with Gasteiger partial charge in [0.2, 0.25) is 0 Å². The molecule has 0 aromatic heterocycles. The molecule has 1 saturated heterocycles. The number of rotatable bonds is 4. The molecule has 1 N–H and O–H groups in total. The molecule has 0 bridgehead atoms. The Hall–Kier alpha value is -2.08. The Balaban J connectivity index is 2.13. The van der Waals surface area contributed by atoms with Gasteiger partial charge in [0, 0.05) is 26.2 Å². The number of unbranched alkanes of at least 4 members (excludes halogenated alkanes) is 1. The number of nitrogens with zero attached hydrogens (tertiary/aromatic N) is 2. The topological polar surface area (TPSA) is 61.9 Å². The van der Waals surface area contributed by atoms with Crippen LogP contribution in [0.3, 0.4) is 0 Å². The zero-order valence-corrected chi connectivity index (χ0v) is 13.0. The molecule has 120 valence electrons. The SMILES string of the molecule is CCCCOC(=O)N(C(=O)N1CCNCC1)c1ccccc1. The number of para-hydroxylation sites is 1. The van der Waals surface area contributed by atoms with E-state index in [2.05, 4.69) is 5.32 Å². The van der Waals surface area contributed by atoms with E-state index in [0.717, 1.165) is 30.8 Å². The van der Waals surface area contributed by atoms with Crippen LogP contribution in [0.25, 0.3) is 0 Å². The third kappa shape index (κ3) is 4.21. The first-order chi connectivity index (χ1) is 10.7. The fourth-order valence-electron chi connectivity index (χ4n) is 2.24. The number of urea groups is 1. The van der Waals surface area contributed by atoms with Crippen molar-refractivity contribution in [3.05, 3.63) is 30.3 Å². The Morgan fingerprint density at radius 1 is 1.23 bits per heavy atom. The maximum Gasteiger partial charge on any atom is 0.422 e. The molecule has 6 nitrogen and oxygen atoms in total. The summed E-state index contributed by atoms with van der Waals surface area (Å²) in [6.07, 6.45) is 1.11. The molecule has 1 fully saturated rings. The van der Waals surface area contributed by atoms with E-state index in [1.807, 2.05) is 13.0 Å². The quantitative estimate of drug-likeness (QED) is 0.868. The van der Waals surface area contributed by atoms with Gasteiger partial charge >= 0.3 is 12.1 Å². The van der Waals surface area contributed by atoms with Crippen LogP contribution in [0.2, 0.25) is 0 Å². The molecule has 0 spiro atoms. The summed E-state index contributed by atoms with van der Waals surface area (Å²) in [6.45, 7) is 5.00. The minimum atomic E-state index is -0.608. The van der Waals surface area contributed by atoms with Crippen LogP contribution in [-0.2, 0) is 4.74 Å². The van der Waals surface area contributed by atoms with Crippen molar-refractivity contribution in [2.24, 2.45) is 0 Å². The second-order valence-corrected chi connectivity index (χ2v) is 5.16. The van der Waals surface area contributed by atoms with Gasteiger partial charge in [0.15, 0.2) is 0 Å². The van der Waals surface area contributed by atoms with Crippen LogP contribution in [-0.4, -0.2) is 49.8 Å². The molecule has 3 amide bonds. The van der Waals surface area contributed by atoms with E-state index in [4.69, 9.17) is 4.74 Å². The number of carbonyl (C=O) groups is 2. The summed E-state index contributed by atoms with van der Waals surface area (Å²) in [5.41, 5.74) is 0.535. The van der Waals surface area contributed by atoms with Gasteiger partial charge in [0.1, 0.15) is 0 Å². The number of hydrogen-bond donors (Lipinski definition) is 1. The van der Waals surface area contributed by atoms with E-state index in [1.165, 1.54) is 0 Å². The summed E-state index contributed by atoms with van der Waals surface area (Å²) in [5, 5.41) is 3.19. The first kappa shape index (κ1) is 16.3. The number of amides is 3. The molecular formula is C16H23N3O3. The first-order valence-electron chi connectivity index (χ1n) is 7.75. The first-order valence-corrected chi connectivity index (χ1v) is 7.75. The van der Waals surface area contributed by atoms with Crippen molar-refractivity contribution in [3.63, 3.8) is 0 Å². The van der Waals surface area contributed by atoms with Crippen LogP contribution in [0, 0.1) is 0 Å². The molecule has 6 heteroatoms. The smallest absolute Gasteiger partial charge is 0.422 e. The van der Waals surface area contributed by atoms with Crippen LogP contribution < -0.4 is 10.2 Å². The van der Waals surface area contributed by atoms with Gasteiger partial charge in [-0.2, -0.15) is 4.90 Å². The Morgan fingerprint density at radius 2 is 1.91 bits per heavy atom. The lowest BCUT2D eigenvalue weighted by Crippen LogP contribution is -2.53. The number of piperazine rings is 1. The highest BCUT2D eigenvalue weighted by Crippen LogP contribution is 2.17. The van der Waals surface area contributed by atoms with Gasteiger partial charge in [-0.3, -0.25) is 0 Å². The predicted molar refractivity (Wildman–Crippen MR) is 85.0 cm³/mol. The summed E-state index contributed by atoms with van der Waals surface area (Å²) in [4.78, 5) is 27.8. The largest absolute Gasteiger partial charge is 0.449 e. The predicted octanol–water partition coefficient (Wildman–Crippen LogP) is 2.45. The number of carbonyl (C=O) groups excluding carboxylic acids is 2. The third-order valence-electron chi connectivity index (χ3n) is 3.50. The number of benzene rings is 1. The average Bonchev–Trinajstić information content (AvgIpc) is 2.57. The maximum atomic E-state index is 12.7. The van der Waals surface area contributed by atoms with Crippen molar-refractivity contribution in [3.8, 4) is 0 Å². The van der Waals surface area contributed by atoms with Crippen molar-refractivity contribution >= 4 is 17.8 Å². The van der Waals surface area contributed by atoms with Gasteiger partial charge in [0.05, 0.1) is 12.3 Å². The molecule has 1 aliphatic rings. The van der Waals surface area contributed by atoms with E-state index in [-0.39, 0.29) is 6.03 Å². The molecule has 0 saturated carbocycles. The fraction of sp³-hybridized carbons (Fsp3) is 0.500. The van der Waals surface area contributed by atoms with Gasteiger partial charge < -0.3 is 15.0 Å². The Labute approximate surface area is 131 Å². The monoisotopic (exact) mass is 305 g/mol. The molecule has 0 unspecified atom stereocenters. The Bertz CT molecular complexity index is 487. The highest BCUT2D eigenvalue weighted by atomic mass is 16.6. The number of ether oxygens (including phenoxy) is 1. The van der Waals surface area contributed by atoms with Crippen molar-refractivity contribution in [2.75, 3.05) is 37.7 Å². The second kappa shape index (κ2) is 8.38. The second-order valence-electron chi connectivity index (χ2n) is 5.16. The zero-order valence-electron chi connectivity index (χ0n) is 13.0. The Kier molecular flexibility index (Phi) is 6.21. The summed E-state index contributed by atoms with van der Waals surface area (Å²) in [7, 11) is 0. The van der Waals surface area contributed by atoms with Gasteiger partial charge in [-0.25, -0.2) is 9.59 Å². The van der Waals surface area contributed by atoms with E-state index in [9.17, 15) is 9.59 Å². The van der Waals surface area contributed by atoms with Gasteiger partial charge in [-0.1, -0.05) is 31.5 Å². The molecule has 1 aliphatic heterocycles. The minimum Gasteiger partial charge on any atom is -0.449 e. The highest BCUT2D eigenvalue weighted by molar-refractivity contribution is 6.11. The van der Waals surface area contributed by atoms with Crippen LogP contribution in [0.1, 0.15) is 19.8 Å². The fourth-order valence-corrected chi connectivity index (χ4v) is 2.24. The highest BCUT2D eigenvalue weighted by Gasteiger charge is 2.29. The number of imide groups is 1. The molecular weight excluding hydrogens is 282 g/mol. The lowest BCUT2D eigenvalue weighted by molar-refractivity contribution is 0.147. The summed E-state index contributed by atoms with van der Waals surface area (Å²) >= 11 is 0. The van der Waals surface area contributed by atoms with E-state index in [1.54, 1.807) is 29.2 Å². The van der Waals surface area contributed by atoms with Crippen LogP contribution in [0.4, 0.5) is 15.3 Å². The van der Waals surface area contributed by atoms with Crippen LogP contribution in [0.15, 0.2) is 30.3 Å². The maximum absolute atomic E-state index is 12.7. The summed E-state index contributed by atoms with van der Waals surface area (Å²) < 4.78 is 5.23. The molecule has 0 aliphatic carbocycles. The van der Waals surface area contributed by atoms with Gasteiger partial charge in [-0.05, 0) is 18.6 Å². The Morgan fingerprint density at radius 3 is 2.55 bits per heavy atom. The standard InChI is InChI=1S/C16H23N3O3/c1-2-3-13-22-16(21)19(14-7-5-4-6-8-14)15(20)18-11-9-17-10-12-18/h4-8,17H,2-3,9-13H2,1H3.